The zero-order valence-corrected chi connectivity index (χ0v) is 15.5. The lowest BCUT2D eigenvalue weighted by Gasteiger charge is -2.25. The van der Waals surface area contributed by atoms with Gasteiger partial charge in [0.1, 0.15) is 29.3 Å². The highest BCUT2D eigenvalue weighted by molar-refractivity contribution is 6.02. The summed E-state index contributed by atoms with van der Waals surface area (Å²) in [5.74, 6) is -1.28. The highest BCUT2D eigenvalue weighted by Crippen LogP contribution is 2.35. The maximum atomic E-state index is 14.5. The standard InChI is InChI=1S/C21H21F2N3O2/c1-2-3-11-26(12-10-18(27)28)21-19-16(14-4-6-15(22)7-5-14)8-9-17(23)20(19)24-13-25-21/h4-9,13H,2-3,10-12H2,1H3,(H,27,28). The molecule has 1 heterocycles. The van der Waals surface area contributed by atoms with E-state index in [2.05, 4.69) is 9.97 Å². The minimum absolute atomic E-state index is 0.0591. The summed E-state index contributed by atoms with van der Waals surface area (Å²) >= 11 is 0. The monoisotopic (exact) mass is 385 g/mol. The van der Waals surface area contributed by atoms with Crippen LogP contribution in [0.1, 0.15) is 26.2 Å². The molecule has 2 aromatic carbocycles. The molecular formula is C21H21F2N3O2. The molecule has 3 rings (SSSR count). The van der Waals surface area contributed by atoms with E-state index in [0.29, 0.717) is 28.9 Å². The first-order chi connectivity index (χ1) is 13.5. The quantitative estimate of drug-likeness (QED) is 0.611. The molecule has 0 spiro atoms. The van der Waals surface area contributed by atoms with E-state index in [9.17, 15) is 13.6 Å². The van der Waals surface area contributed by atoms with Gasteiger partial charge in [-0.1, -0.05) is 31.5 Å². The van der Waals surface area contributed by atoms with Crippen LogP contribution in [0.5, 0.6) is 0 Å². The SMILES string of the molecule is CCCCN(CCC(=O)O)c1ncnc2c(F)ccc(-c3ccc(F)cc3)c12. The van der Waals surface area contributed by atoms with Crippen molar-refractivity contribution in [2.24, 2.45) is 0 Å². The summed E-state index contributed by atoms with van der Waals surface area (Å²) in [6.07, 6.45) is 2.99. The van der Waals surface area contributed by atoms with Crippen molar-refractivity contribution in [2.75, 3.05) is 18.0 Å². The third kappa shape index (κ3) is 4.24. The third-order valence-electron chi connectivity index (χ3n) is 4.55. The second kappa shape index (κ2) is 8.73. The van der Waals surface area contributed by atoms with Crippen LogP contribution in [-0.4, -0.2) is 34.1 Å². The zero-order valence-electron chi connectivity index (χ0n) is 15.5. The lowest BCUT2D eigenvalue weighted by Crippen LogP contribution is -2.28. The molecule has 5 nitrogen and oxygen atoms in total. The fourth-order valence-corrected chi connectivity index (χ4v) is 3.14. The van der Waals surface area contributed by atoms with Crippen molar-refractivity contribution in [3.8, 4) is 11.1 Å². The molecule has 1 N–H and O–H groups in total. The number of hydrogen-bond donors (Lipinski definition) is 1. The first-order valence-corrected chi connectivity index (χ1v) is 9.17. The van der Waals surface area contributed by atoms with Crippen molar-refractivity contribution in [3.05, 3.63) is 54.4 Å². The molecular weight excluding hydrogens is 364 g/mol. The van der Waals surface area contributed by atoms with E-state index in [1.165, 1.54) is 24.5 Å². The van der Waals surface area contributed by atoms with Gasteiger partial charge in [0, 0.05) is 13.1 Å². The lowest BCUT2D eigenvalue weighted by molar-refractivity contribution is -0.136. The molecule has 0 atom stereocenters. The van der Waals surface area contributed by atoms with Crippen molar-refractivity contribution in [1.82, 2.24) is 9.97 Å². The minimum Gasteiger partial charge on any atom is -0.481 e. The Bertz CT molecular complexity index is 977. The average molecular weight is 385 g/mol. The molecule has 0 radical (unpaired) electrons. The normalized spacial score (nSPS) is 11.0. The Balaban J connectivity index is 2.18. The zero-order chi connectivity index (χ0) is 20.1. The van der Waals surface area contributed by atoms with E-state index in [0.717, 1.165) is 12.8 Å². The smallest absolute Gasteiger partial charge is 0.305 e. The van der Waals surface area contributed by atoms with E-state index >= 15 is 0 Å². The van der Waals surface area contributed by atoms with E-state index in [1.807, 2.05) is 11.8 Å². The Morgan fingerprint density at radius 3 is 2.50 bits per heavy atom. The fraction of sp³-hybridized carbons (Fsp3) is 0.286. The highest BCUT2D eigenvalue weighted by atomic mass is 19.1. The van der Waals surface area contributed by atoms with Crippen molar-refractivity contribution in [3.63, 3.8) is 0 Å². The molecule has 0 amide bonds. The predicted octanol–water partition coefficient (Wildman–Crippen LogP) is 4.66. The number of rotatable bonds is 8. The molecule has 0 aliphatic carbocycles. The number of carboxylic acid groups (broad SMARTS) is 1. The molecule has 0 bridgehead atoms. The number of carboxylic acids is 1. The summed E-state index contributed by atoms with van der Waals surface area (Å²) in [4.78, 5) is 21.4. The molecule has 146 valence electrons. The van der Waals surface area contributed by atoms with E-state index < -0.39 is 11.8 Å². The Labute approximate surface area is 161 Å². The van der Waals surface area contributed by atoms with Gasteiger partial charge in [-0.2, -0.15) is 0 Å². The lowest BCUT2D eigenvalue weighted by atomic mass is 10.00. The van der Waals surface area contributed by atoms with Crippen LogP contribution in [0.4, 0.5) is 14.6 Å². The second-order valence-corrected chi connectivity index (χ2v) is 6.51. The van der Waals surface area contributed by atoms with E-state index in [-0.39, 0.29) is 24.3 Å². The van der Waals surface area contributed by atoms with Crippen LogP contribution >= 0.6 is 0 Å². The summed E-state index contributed by atoms with van der Waals surface area (Å²) < 4.78 is 27.8. The molecule has 0 saturated carbocycles. The van der Waals surface area contributed by atoms with Crippen molar-refractivity contribution >= 4 is 22.7 Å². The number of aromatic nitrogens is 2. The molecule has 0 fully saturated rings. The Morgan fingerprint density at radius 2 is 1.82 bits per heavy atom. The number of carbonyl (C=O) groups is 1. The van der Waals surface area contributed by atoms with Gasteiger partial charge < -0.3 is 10.0 Å². The van der Waals surface area contributed by atoms with E-state index in [4.69, 9.17) is 5.11 Å². The van der Waals surface area contributed by atoms with Gasteiger partial charge in [0.15, 0.2) is 0 Å². The molecule has 28 heavy (non-hydrogen) atoms. The number of nitrogens with zero attached hydrogens (tertiary/aromatic N) is 3. The van der Waals surface area contributed by atoms with Gasteiger partial charge in [-0.05, 0) is 35.7 Å². The summed E-state index contributed by atoms with van der Waals surface area (Å²) in [6, 6.07) is 8.86. The van der Waals surface area contributed by atoms with Crippen LogP contribution in [-0.2, 0) is 4.79 Å². The Morgan fingerprint density at radius 1 is 1.07 bits per heavy atom. The van der Waals surface area contributed by atoms with Crippen molar-refractivity contribution < 1.29 is 18.7 Å². The molecule has 3 aromatic rings. The first-order valence-electron chi connectivity index (χ1n) is 9.17. The van der Waals surface area contributed by atoms with Crippen LogP contribution in [0, 0.1) is 11.6 Å². The number of unbranched alkanes of at least 4 members (excludes halogenated alkanes) is 1. The Hall–Kier alpha value is -3.09. The average Bonchev–Trinajstić information content (AvgIpc) is 2.69. The van der Waals surface area contributed by atoms with Gasteiger partial charge in [-0.3, -0.25) is 4.79 Å². The van der Waals surface area contributed by atoms with Gasteiger partial charge >= 0.3 is 5.97 Å². The minimum atomic E-state index is -0.912. The van der Waals surface area contributed by atoms with Gasteiger partial charge in [0.2, 0.25) is 0 Å². The summed E-state index contributed by atoms with van der Waals surface area (Å²) in [5, 5.41) is 9.59. The summed E-state index contributed by atoms with van der Waals surface area (Å²) in [7, 11) is 0. The van der Waals surface area contributed by atoms with Gasteiger partial charge in [0.25, 0.3) is 0 Å². The number of aliphatic carboxylic acids is 1. The van der Waals surface area contributed by atoms with E-state index in [1.54, 1.807) is 18.2 Å². The van der Waals surface area contributed by atoms with Crippen LogP contribution in [0.25, 0.3) is 22.0 Å². The van der Waals surface area contributed by atoms with Crippen LogP contribution in [0.3, 0.4) is 0 Å². The molecule has 0 unspecified atom stereocenters. The molecule has 0 aliphatic heterocycles. The highest BCUT2D eigenvalue weighted by Gasteiger charge is 2.19. The molecule has 1 aromatic heterocycles. The first kappa shape index (κ1) is 19.7. The number of anilines is 1. The predicted molar refractivity (Wildman–Crippen MR) is 104 cm³/mol. The summed E-state index contributed by atoms with van der Waals surface area (Å²) in [5.41, 5.74) is 1.53. The summed E-state index contributed by atoms with van der Waals surface area (Å²) in [6.45, 7) is 2.88. The van der Waals surface area contributed by atoms with Crippen LogP contribution in [0.15, 0.2) is 42.7 Å². The molecule has 0 aliphatic rings. The second-order valence-electron chi connectivity index (χ2n) is 6.51. The fourth-order valence-electron chi connectivity index (χ4n) is 3.14. The number of fused-ring (bicyclic) bond motifs is 1. The van der Waals surface area contributed by atoms with Gasteiger partial charge in [-0.25, -0.2) is 18.7 Å². The third-order valence-corrected chi connectivity index (χ3v) is 4.55. The Kier molecular flexibility index (Phi) is 6.13. The maximum absolute atomic E-state index is 14.5. The van der Waals surface area contributed by atoms with Crippen LogP contribution in [0.2, 0.25) is 0 Å². The number of halogens is 2. The van der Waals surface area contributed by atoms with Crippen molar-refractivity contribution in [1.29, 1.82) is 0 Å². The number of hydrogen-bond acceptors (Lipinski definition) is 4. The maximum Gasteiger partial charge on any atom is 0.305 e. The number of benzene rings is 2. The van der Waals surface area contributed by atoms with Crippen molar-refractivity contribution in [2.45, 2.75) is 26.2 Å². The molecule has 7 heteroatoms. The molecule has 0 saturated heterocycles. The van der Waals surface area contributed by atoms with Crippen LogP contribution < -0.4 is 4.90 Å². The largest absolute Gasteiger partial charge is 0.481 e. The topological polar surface area (TPSA) is 66.3 Å². The van der Waals surface area contributed by atoms with Gasteiger partial charge in [-0.15, -0.1) is 0 Å². The van der Waals surface area contributed by atoms with Gasteiger partial charge in [0.05, 0.1) is 11.8 Å².